The average Bonchev–Trinajstić information content (AvgIpc) is 3.25. The van der Waals surface area contributed by atoms with Crippen LogP contribution in [-0.2, 0) is 0 Å². The third-order valence-corrected chi connectivity index (χ3v) is 13.8. The van der Waals surface area contributed by atoms with Gasteiger partial charge < -0.3 is 4.74 Å². The van der Waals surface area contributed by atoms with Crippen molar-refractivity contribution in [2.24, 2.45) is 5.92 Å². The van der Waals surface area contributed by atoms with Crippen LogP contribution in [0.3, 0.4) is 0 Å². The second-order valence-electron chi connectivity index (χ2n) is 9.71. The molecule has 0 spiro atoms. The van der Waals surface area contributed by atoms with Crippen LogP contribution in [-0.4, -0.2) is 35.9 Å². The molecule has 1 aliphatic carbocycles. The van der Waals surface area contributed by atoms with Crippen molar-refractivity contribution in [3.8, 4) is 17.3 Å². The van der Waals surface area contributed by atoms with Crippen molar-refractivity contribution in [2.45, 2.75) is 89.0 Å². The van der Waals surface area contributed by atoms with E-state index in [0.717, 1.165) is 22.7 Å². The summed E-state index contributed by atoms with van der Waals surface area (Å²) in [7, 11) is -1.84. The molecule has 2 aromatic heterocycles. The van der Waals surface area contributed by atoms with Crippen molar-refractivity contribution >= 4 is 30.9 Å². The van der Waals surface area contributed by atoms with Crippen molar-refractivity contribution in [1.82, 2.24) is 15.0 Å². The molecule has 0 aromatic carbocycles. The van der Waals surface area contributed by atoms with Gasteiger partial charge in [0.1, 0.15) is 8.07 Å². The summed E-state index contributed by atoms with van der Waals surface area (Å²) in [6.45, 7) is 14.8. The number of hydrogen-bond donors (Lipinski definition) is 0. The number of pyridine rings is 1. The number of rotatable bonds is 7. The lowest BCUT2D eigenvalue weighted by Gasteiger charge is -2.38. The van der Waals surface area contributed by atoms with Crippen LogP contribution in [0.1, 0.15) is 72.8 Å². The van der Waals surface area contributed by atoms with Gasteiger partial charge in [-0.05, 0) is 41.6 Å². The maximum atomic E-state index is 6.15. The third-order valence-electron chi connectivity index (χ3n) is 6.92. The Morgan fingerprint density at radius 3 is 2.29 bits per heavy atom. The average molecular weight is 456 g/mol. The molecule has 0 amide bonds. The van der Waals surface area contributed by atoms with E-state index in [-0.39, 0.29) is 0 Å². The molecule has 0 saturated heterocycles. The predicted octanol–water partition coefficient (Wildman–Crippen LogP) is 6.89. The Hall–Kier alpha value is -1.58. The van der Waals surface area contributed by atoms with Gasteiger partial charge >= 0.3 is 0 Å². The zero-order valence-electron chi connectivity index (χ0n) is 20.2. The SMILES string of the molecule is CSc1ncc2c(C#C[Si](C(C)C)(C(C)C)C(C)C)cc(OCC3CCCC3)nc2n1. The molecule has 0 aliphatic heterocycles. The van der Waals surface area contributed by atoms with Crippen LogP contribution in [0.2, 0.25) is 16.6 Å². The lowest BCUT2D eigenvalue weighted by atomic mass is 10.1. The summed E-state index contributed by atoms with van der Waals surface area (Å²) in [6, 6.07) is 2.01. The molecule has 1 fully saturated rings. The van der Waals surface area contributed by atoms with E-state index in [1.807, 2.05) is 18.5 Å². The normalized spacial score (nSPS) is 15.2. The summed E-state index contributed by atoms with van der Waals surface area (Å²) < 4.78 is 6.15. The topological polar surface area (TPSA) is 47.9 Å². The summed E-state index contributed by atoms with van der Waals surface area (Å²) in [4.78, 5) is 13.8. The molecule has 168 valence electrons. The van der Waals surface area contributed by atoms with Gasteiger partial charge in [0, 0.05) is 17.8 Å². The number of hydrogen-bond acceptors (Lipinski definition) is 5. The molecular formula is C25H37N3OSSi. The first-order chi connectivity index (χ1) is 14.8. The molecule has 0 radical (unpaired) electrons. The van der Waals surface area contributed by atoms with Crippen LogP contribution >= 0.6 is 11.8 Å². The zero-order chi connectivity index (χ0) is 22.6. The Morgan fingerprint density at radius 1 is 1.06 bits per heavy atom. The summed E-state index contributed by atoms with van der Waals surface area (Å²) in [5.74, 6) is 4.86. The minimum atomic E-state index is -1.84. The van der Waals surface area contributed by atoms with Crippen LogP contribution in [0.4, 0.5) is 0 Å². The first-order valence-corrected chi connectivity index (χ1v) is 15.1. The van der Waals surface area contributed by atoms with Gasteiger partial charge in [0.05, 0.1) is 12.0 Å². The molecule has 2 aromatic rings. The Labute approximate surface area is 193 Å². The van der Waals surface area contributed by atoms with E-state index in [2.05, 4.69) is 63.0 Å². The lowest BCUT2D eigenvalue weighted by molar-refractivity contribution is 0.244. The number of fused-ring (bicyclic) bond motifs is 1. The summed E-state index contributed by atoms with van der Waals surface area (Å²) >= 11 is 1.53. The van der Waals surface area contributed by atoms with Crippen LogP contribution in [0.5, 0.6) is 5.88 Å². The van der Waals surface area contributed by atoms with Crippen LogP contribution < -0.4 is 4.74 Å². The van der Waals surface area contributed by atoms with Gasteiger partial charge in [-0.3, -0.25) is 0 Å². The zero-order valence-corrected chi connectivity index (χ0v) is 22.0. The lowest BCUT2D eigenvalue weighted by Crippen LogP contribution is -2.43. The van der Waals surface area contributed by atoms with Crippen LogP contribution in [0.15, 0.2) is 17.4 Å². The fraction of sp³-hybridized carbons (Fsp3) is 0.640. The van der Waals surface area contributed by atoms with Crippen molar-refractivity contribution < 1.29 is 4.74 Å². The third kappa shape index (κ3) is 5.26. The Kier molecular flexibility index (Phi) is 8.04. The molecule has 0 bridgehead atoms. The van der Waals surface area contributed by atoms with E-state index in [1.165, 1.54) is 37.4 Å². The van der Waals surface area contributed by atoms with Gasteiger partial charge in [0.25, 0.3) is 0 Å². The maximum Gasteiger partial charge on any atom is 0.216 e. The van der Waals surface area contributed by atoms with E-state index in [9.17, 15) is 0 Å². The van der Waals surface area contributed by atoms with E-state index in [1.54, 1.807) is 0 Å². The molecule has 2 heterocycles. The minimum Gasteiger partial charge on any atom is -0.477 e. The number of thioether (sulfide) groups is 1. The number of nitrogens with zero attached hydrogens (tertiary/aromatic N) is 3. The van der Waals surface area contributed by atoms with Gasteiger partial charge in [-0.2, -0.15) is 4.98 Å². The van der Waals surface area contributed by atoms with E-state index >= 15 is 0 Å². The van der Waals surface area contributed by atoms with Crippen LogP contribution in [0, 0.1) is 17.4 Å². The van der Waals surface area contributed by atoms with Gasteiger partial charge in [-0.15, -0.1) is 5.54 Å². The quantitative estimate of drug-likeness (QED) is 0.197. The standard InChI is InChI=1S/C25H37N3OSSi/c1-17(2)31(18(3)4,19(5)6)13-12-21-14-23(29-16-20-10-8-9-11-20)27-24-22(21)15-26-25(28-24)30-7/h14-15,17-20H,8-11,16H2,1-7H3. The second-order valence-corrected chi connectivity index (χ2v) is 16.1. The van der Waals surface area contributed by atoms with Crippen molar-refractivity contribution in [3.05, 3.63) is 17.8 Å². The van der Waals surface area contributed by atoms with E-state index in [4.69, 9.17) is 9.72 Å². The van der Waals surface area contributed by atoms with Gasteiger partial charge in [-0.25, -0.2) is 9.97 Å². The highest BCUT2D eigenvalue weighted by atomic mass is 32.2. The summed E-state index contributed by atoms with van der Waals surface area (Å²) in [5.41, 5.74) is 7.22. The highest BCUT2D eigenvalue weighted by Gasteiger charge is 2.41. The molecule has 31 heavy (non-hydrogen) atoms. The highest BCUT2D eigenvalue weighted by Crippen LogP contribution is 2.41. The van der Waals surface area contributed by atoms with E-state index < -0.39 is 8.07 Å². The van der Waals surface area contributed by atoms with E-state index in [0.29, 0.717) is 34.1 Å². The Bertz CT molecular complexity index is 937. The number of aromatic nitrogens is 3. The van der Waals surface area contributed by atoms with Gasteiger partial charge in [0.15, 0.2) is 10.8 Å². The van der Waals surface area contributed by atoms with Crippen molar-refractivity contribution in [3.63, 3.8) is 0 Å². The fourth-order valence-electron chi connectivity index (χ4n) is 5.23. The smallest absolute Gasteiger partial charge is 0.216 e. The highest BCUT2D eigenvalue weighted by molar-refractivity contribution is 7.98. The molecule has 0 N–H and O–H groups in total. The minimum absolute atomic E-state index is 0.588. The fourth-order valence-corrected chi connectivity index (χ4v) is 10.8. The van der Waals surface area contributed by atoms with Crippen molar-refractivity contribution in [1.29, 1.82) is 0 Å². The maximum absolute atomic E-state index is 6.15. The van der Waals surface area contributed by atoms with Crippen LogP contribution in [0.25, 0.3) is 11.0 Å². The number of ether oxygens (including phenoxy) is 1. The molecule has 1 aliphatic rings. The second kappa shape index (κ2) is 10.4. The molecule has 6 heteroatoms. The molecule has 0 atom stereocenters. The predicted molar refractivity (Wildman–Crippen MR) is 134 cm³/mol. The molecule has 0 unspecified atom stereocenters. The van der Waals surface area contributed by atoms with Gasteiger partial charge in [-0.1, -0.05) is 72.1 Å². The Balaban J connectivity index is 2.06. The molecule has 3 rings (SSSR count). The molecule has 4 nitrogen and oxygen atoms in total. The Morgan fingerprint density at radius 2 is 1.71 bits per heavy atom. The summed E-state index contributed by atoms with van der Waals surface area (Å²) in [5, 5.41) is 1.64. The summed E-state index contributed by atoms with van der Waals surface area (Å²) in [6.07, 6.45) is 8.99. The first kappa shape index (κ1) is 24.1. The largest absolute Gasteiger partial charge is 0.477 e. The van der Waals surface area contributed by atoms with Crippen molar-refractivity contribution in [2.75, 3.05) is 12.9 Å². The first-order valence-electron chi connectivity index (χ1n) is 11.7. The monoisotopic (exact) mass is 455 g/mol. The molecule has 1 saturated carbocycles. The molecular weight excluding hydrogens is 418 g/mol. The van der Waals surface area contributed by atoms with Gasteiger partial charge in [0.2, 0.25) is 5.88 Å².